The Balaban J connectivity index is 4.14. The number of unbranched alkanes of at least 4 members (excludes halogenated alkanes) is 48. The Hall–Kier alpha value is -2.11. The van der Waals surface area contributed by atoms with Crippen molar-refractivity contribution in [2.75, 3.05) is 13.2 Å². The van der Waals surface area contributed by atoms with E-state index in [0.29, 0.717) is 19.3 Å². The first-order valence-electron chi connectivity index (χ1n) is 33.8. The molecule has 0 aliphatic carbocycles. The van der Waals surface area contributed by atoms with E-state index < -0.39 is 6.10 Å². The minimum Gasteiger partial charge on any atom is -0.462 e. The number of esters is 3. The van der Waals surface area contributed by atoms with Crippen molar-refractivity contribution in [3.8, 4) is 0 Å². The highest BCUT2D eigenvalue weighted by Crippen LogP contribution is 2.18. The summed E-state index contributed by atoms with van der Waals surface area (Å²) < 4.78 is 16.9. The minimum absolute atomic E-state index is 0.0686. The molecule has 0 aromatic heterocycles. The van der Waals surface area contributed by atoms with Gasteiger partial charge in [0.25, 0.3) is 0 Å². The van der Waals surface area contributed by atoms with Crippen LogP contribution in [0.4, 0.5) is 0 Å². The molecule has 442 valence electrons. The summed E-state index contributed by atoms with van der Waals surface area (Å²) in [5.41, 5.74) is 0. The average molecular weight is 1060 g/mol. The SMILES string of the molecule is CCCCCC/C=C\C/C=C\CCCCCCCCCC(=O)OC(COC(=O)CCCCCCCCCCCCC)COC(=O)CCCCCCCCCCCCCCCCCCCCCCCCCCCCCC. The molecule has 0 aliphatic rings. The van der Waals surface area contributed by atoms with E-state index in [9.17, 15) is 14.4 Å². The summed E-state index contributed by atoms with van der Waals surface area (Å²) >= 11 is 0. The molecule has 0 rings (SSSR count). The van der Waals surface area contributed by atoms with Crippen LogP contribution in [0.15, 0.2) is 24.3 Å². The first-order valence-corrected chi connectivity index (χ1v) is 33.8. The molecule has 6 nitrogen and oxygen atoms in total. The average Bonchev–Trinajstić information content (AvgIpc) is 3.41. The fraction of sp³-hybridized carbons (Fsp3) is 0.899. The quantitative estimate of drug-likeness (QED) is 0.0261. The van der Waals surface area contributed by atoms with E-state index >= 15 is 0 Å². The molecule has 0 fully saturated rings. The lowest BCUT2D eigenvalue weighted by Gasteiger charge is -2.18. The monoisotopic (exact) mass is 1050 g/mol. The van der Waals surface area contributed by atoms with Crippen LogP contribution < -0.4 is 0 Å². The van der Waals surface area contributed by atoms with Crippen LogP contribution in [0.5, 0.6) is 0 Å². The van der Waals surface area contributed by atoms with Gasteiger partial charge in [0.15, 0.2) is 6.10 Å². The molecule has 0 saturated carbocycles. The Kier molecular flexibility index (Phi) is 62.6. The van der Waals surface area contributed by atoms with Crippen molar-refractivity contribution in [2.45, 2.75) is 386 Å². The van der Waals surface area contributed by atoms with Gasteiger partial charge in [-0.25, -0.2) is 0 Å². The van der Waals surface area contributed by atoms with Crippen molar-refractivity contribution >= 4 is 17.9 Å². The molecule has 0 aromatic rings. The van der Waals surface area contributed by atoms with Crippen molar-refractivity contribution in [1.82, 2.24) is 0 Å². The second-order valence-electron chi connectivity index (χ2n) is 23.1. The summed E-state index contributed by atoms with van der Waals surface area (Å²) in [5, 5.41) is 0. The number of allylic oxidation sites excluding steroid dienone is 4. The van der Waals surface area contributed by atoms with Crippen LogP contribution in [-0.2, 0) is 28.6 Å². The summed E-state index contributed by atoms with van der Waals surface area (Å²) in [6.07, 6.45) is 77.8. The second-order valence-corrected chi connectivity index (χ2v) is 23.1. The van der Waals surface area contributed by atoms with Gasteiger partial charge in [-0.05, 0) is 51.4 Å². The largest absolute Gasteiger partial charge is 0.462 e. The molecular weight excluding hydrogens is 925 g/mol. The van der Waals surface area contributed by atoms with Crippen LogP contribution in [0.2, 0.25) is 0 Å². The third-order valence-corrected chi connectivity index (χ3v) is 15.5. The molecule has 1 unspecified atom stereocenters. The predicted octanol–water partition coefficient (Wildman–Crippen LogP) is 23.0. The molecule has 0 saturated heterocycles. The molecule has 0 aromatic carbocycles. The van der Waals surface area contributed by atoms with E-state index in [-0.39, 0.29) is 31.1 Å². The summed E-state index contributed by atoms with van der Waals surface area (Å²) in [6, 6.07) is 0. The molecule has 0 spiro atoms. The Morgan fingerprint density at radius 3 is 0.747 bits per heavy atom. The van der Waals surface area contributed by atoms with E-state index in [2.05, 4.69) is 45.1 Å². The second kappa shape index (κ2) is 64.4. The third-order valence-electron chi connectivity index (χ3n) is 15.5. The van der Waals surface area contributed by atoms with Crippen LogP contribution in [0.3, 0.4) is 0 Å². The van der Waals surface area contributed by atoms with Gasteiger partial charge in [0.2, 0.25) is 0 Å². The van der Waals surface area contributed by atoms with Crippen LogP contribution in [0.1, 0.15) is 380 Å². The molecule has 1 atom stereocenters. The summed E-state index contributed by atoms with van der Waals surface area (Å²) in [6.45, 7) is 6.68. The number of carbonyl (C=O) groups is 3. The number of carbonyl (C=O) groups excluding carboxylic acids is 3. The maximum Gasteiger partial charge on any atom is 0.306 e. The van der Waals surface area contributed by atoms with E-state index in [4.69, 9.17) is 14.2 Å². The molecule has 75 heavy (non-hydrogen) atoms. The Morgan fingerprint density at radius 2 is 0.480 bits per heavy atom. The van der Waals surface area contributed by atoms with Crippen molar-refractivity contribution < 1.29 is 28.6 Å². The Labute approximate surface area is 468 Å². The van der Waals surface area contributed by atoms with Crippen LogP contribution >= 0.6 is 0 Å². The lowest BCUT2D eigenvalue weighted by molar-refractivity contribution is -0.167. The topological polar surface area (TPSA) is 78.9 Å². The maximum atomic E-state index is 12.9. The summed E-state index contributed by atoms with van der Waals surface area (Å²) in [5.74, 6) is -0.850. The van der Waals surface area contributed by atoms with E-state index in [1.807, 2.05) is 0 Å². The zero-order valence-corrected chi connectivity index (χ0v) is 50.8. The van der Waals surface area contributed by atoms with Crippen LogP contribution in [0.25, 0.3) is 0 Å². The molecule has 0 heterocycles. The summed E-state index contributed by atoms with van der Waals surface area (Å²) in [4.78, 5) is 38.3. The highest BCUT2D eigenvalue weighted by Gasteiger charge is 2.19. The van der Waals surface area contributed by atoms with Gasteiger partial charge in [-0.3, -0.25) is 14.4 Å². The minimum atomic E-state index is -0.771. The van der Waals surface area contributed by atoms with Gasteiger partial charge >= 0.3 is 17.9 Å². The maximum absolute atomic E-state index is 12.9. The third kappa shape index (κ3) is 62.6. The molecule has 0 N–H and O–H groups in total. The molecule has 6 heteroatoms. The van der Waals surface area contributed by atoms with Gasteiger partial charge in [0, 0.05) is 19.3 Å². The zero-order chi connectivity index (χ0) is 54.3. The predicted molar refractivity (Wildman–Crippen MR) is 326 cm³/mol. The number of rotatable bonds is 63. The van der Waals surface area contributed by atoms with Crippen molar-refractivity contribution in [3.63, 3.8) is 0 Å². The van der Waals surface area contributed by atoms with Crippen molar-refractivity contribution in [1.29, 1.82) is 0 Å². The number of ether oxygens (including phenoxy) is 3. The van der Waals surface area contributed by atoms with Gasteiger partial charge < -0.3 is 14.2 Å². The Morgan fingerprint density at radius 1 is 0.267 bits per heavy atom. The fourth-order valence-electron chi connectivity index (χ4n) is 10.4. The number of hydrogen-bond donors (Lipinski definition) is 0. The van der Waals surface area contributed by atoms with Crippen LogP contribution in [0, 0.1) is 0 Å². The zero-order valence-electron chi connectivity index (χ0n) is 50.8. The summed E-state index contributed by atoms with van der Waals surface area (Å²) in [7, 11) is 0. The lowest BCUT2D eigenvalue weighted by Crippen LogP contribution is -2.30. The molecule has 0 aliphatic heterocycles. The Bertz CT molecular complexity index is 1210. The molecular formula is C69H130O6. The van der Waals surface area contributed by atoms with E-state index in [1.165, 1.54) is 270 Å². The fourth-order valence-corrected chi connectivity index (χ4v) is 10.4. The smallest absolute Gasteiger partial charge is 0.306 e. The van der Waals surface area contributed by atoms with Crippen molar-refractivity contribution in [3.05, 3.63) is 24.3 Å². The lowest BCUT2D eigenvalue weighted by atomic mass is 10.0. The van der Waals surface area contributed by atoms with Gasteiger partial charge in [-0.1, -0.05) is 334 Å². The first kappa shape index (κ1) is 72.9. The standard InChI is InChI=1S/C69H130O6/c1-4-7-10-13-16-19-22-24-26-28-30-31-32-33-34-35-36-37-38-39-41-42-44-47-50-53-56-59-62-68(71)74-65-66(64-73-67(70)61-58-55-52-49-46-21-18-15-12-9-6-3)75-69(72)63-60-57-54-51-48-45-43-40-29-27-25-23-20-17-14-11-8-5-2/h20,23,27,29,66H,4-19,21-22,24-26,28,30-65H2,1-3H3/b23-20-,29-27-. The molecule has 0 amide bonds. The van der Waals surface area contributed by atoms with Gasteiger partial charge in [0.1, 0.15) is 13.2 Å². The van der Waals surface area contributed by atoms with Crippen LogP contribution in [-0.4, -0.2) is 37.2 Å². The molecule has 0 radical (unpaired) electrons. The van der Waals surface area contributed by atoms with E-state index in [0.717, 1.165) is 70.6 Å². The van der Waals surface area contributed by atoms with E-state index in [1.54, 1.807) is 0 Å². The van der Waals surface area contributed by atoms with Gasteiger partial charge in [-0.15, -0.1) is 0 Å². The first-order chi connectivity index (χ1) is 37.0. The number of hydrogen-bond acceptors (Lipinski definition) is 6. The van der Waals surface area contributed by atoms with Gasteiger partial charge in [0.05, 0.1) is 0 Å². The normalized spacial score (nSPS) is 12.1. The molecule has 0 bridgehead atoms. The highest BCUT2D eigenvalue weighted by atomic mass is 16.6. The van der Waals surface area contributed by atoms with Crippen molar-refractivity contribution in [2.24, 2.45) is 0 Å². The highest BCUT2D eigenvalue weighted by molar-refractivity contribution is 5.71. The van der Waals surface area contributed by atoms with Gasteiger partial charge in [-0.2, -0.15) is 0 Å².